The third kappa shape index (κ3) is 2.74. The lowest BCUT2D eigenvalue weighted by Crippen LogP contribution is -2.60. The van der Waals surface area contributed by atoms with Crippen LogP contribution in [0.25, 0.3) is 0 Å². The summed E-state index contributed by atoms with van der Waals surface area (Å²) in [7, 11) is 0. The van der Waals surface area contributed by atoms with Gasteiger partial charge in [-0.15, -0.1) is 0 Å². The molecule has 4 saturated carbocycles. The van der Waals surface area contributed by atoms with Crippen LogP contribution in [0.4, 0.5) is 0 Å². The Morgan fingerprint density at radius 1 is 0.933 bits per heavy atom. The largest absolute Gasteiger partial charge is 0.481 e. The molecule has 9 atom stereocenters. The van der Waals surface area contributed by atoms with Crippen molar-refractivity contribution in [1.82, 2.24) is 0 Å². The maximum Gasteiger partial charge on any atom is 0.306 e. The summed E-state index contributed by atoms with van der Waals surface area (Å²) in [6.07, 6.45) is 11.3. The van der Waals surface area contributed by atoms with Crippen molar-refractivity contribution in [1.29, 1.82) is 0 Å². The third-order valence-corrected chi connectivity index (χ3v) is 10.8. The Labute approximate surface area is 180 Å². The first-order valence-electron chi connectivity index (χ1n) is 12.2. The van der Waals surface area contributed by atoms with E-state index in [0.29, 0.717) is 24.0 Å². The zero-order valence-electron chi connectivity index (χ0n) is 18.8. The van der Waals surface area contributed by atoms with E-state index < -0.39 is 5.97 Å². The molecule has 30 heavy (non-hydrogen) atoms. The first-order chi connectivity index (χ1) is 14.1. The molecular formula is C26H38O4. The van der Waals surface area contributed by atoms with Crippen LogP contribution in [-0.4, -0.2) is 28.1 Å². The second-order valence-corrected chi connectivity index (χ2v) is 12.3. The van der Waals surface area contributed by atoms with Gasteiger partial charge in [-0.25, -0.2) is 0 Å². The van der Waals surface area contributed by atoms with Crippen LogP contribution in [0, 0.1) is 45.8 Å². The molecule has 4 heteroatoms. The van der Waals surface area contributed by atoms with E-state index >= 15 is 0 Å². The molecule has 5 aliphatic rings. The number of carbonyl (C=O) groups is 2. The maximum absolute atomic E-state index is 13.8. The van der Waals surface area contributed by atoms with Crippen LogP contribution in [0.15, 0.2) is 11.6 Å². The number of carbonyl (C=O) groups excluding carboxylic acids is 1. The zero-order valence-corrected chi connectivity index (χ0v) is 18.8. The summed E-state index contributed by atoms with van der Waals surface area (Å²) in [5.41, 5.74) is 1.42. The highest BCUT2D eigenvalue weighted by molar-refractivity contribution is 5.95. The van der Waals surface area contributed by atoms with Crippen molar-refractivity contribution in [3.8, 4) is 0 Å². The van der Waals surface area contributed by atoms with Gasteiger partial charge in [-0.3, -0.25) is 9.59 Å². The van der Waals surface area contributed by atoms with Crippen LogP contribution in [0.5, 0.6) is 0 Å². The second kappa shape index (κ2) is 6.67. The predicted octanol–water partition coefficient (Wildman–Crippen LogP) is 5.00. The van der Waals surface area contributed by atoms with Crippen molar-refractivity contribution in [3.63, 3.8) is 0 Å². The predicted molar refractivity (Wildman–Crippen MR) is 115 cm³/mol. The van der Waals surface area contributed by atoms with Crippen molar-refractivity contribution in [2.24, 2.45) is 45.8 Å². The summed E-state index contributed by atoms with van der Waals surface area (Å²) < 4.78 is 0. The number of hydrogen-bond acceptors (Lipinski definition) is 3. The monoisotopic (exact) mass is 414 g/mol. The van der Waals surface area contributed by atoms with Crippen molar-refractivity contribution in [3.05, 3.63) is 11.6 Å². The van der Waals surface area contributed by atoms with Crippen molar-refractivity contribution in [2.45, 2.75) is 91.1 Å². The molecule has 0 spiro atoms. The van der Waals surface area contributed by atoms with E-state index in [-0.39, 0.29) is 40.1 Å². The SMILES string of the molecule is CC12CCC(C(=O)O)CC1C1=CC(=O)C3C4(C)CCC(O)CC4CCC3(C)C1CC2. The summed E-state index contributed by atoms with van der Waals surface area (Å²) in [4.78, 5) is 25.5. The molecule has 0 aliphatic heterocycles. The normalized spacial score (nSPS) is 52.9. The molecular weight excluding hydrogens is 376 g/mol. The molecule has 0 aromatic rings. The van der Waals surface area contributed by atoms with Crippen LogP contribution in [0.1, 0.15) is 85.0 Å². The Balaban J connectivity index is 1.54. The molecule has 5 aliphatic carbocycles. The molecule has 0 heterocycles. The summed E-state index contributed by atoms with van der Waals surface area (Å²) >= 11 is 0. The standard InChI is InChI=1S/C26H38O4/c1-24-8-4-15(23(29)30)12-20(24)18-14-21(28)22-25(2)11-6-17(27)13-16(25)5-10-26(22,3)19(18)7-9-24/h14-17,19-20,22,27H,4-13H2,1-3H3,(H,29,30). The molecule has 4 nitrogen and oxygen atoms in total. The van der Waals surface area contributed by atoms with Gasteiger partial charge in [0.25, 0.3) is 0 Å². The van der Waals surface area contributed by atoms with Gasteiger partial charge in [0.2, 0.25) is 0 Å². The minimum Gasteiger partial charge on any atom is -0.481 e. The first kappa shape index (κ1) is 20.7. The summed E-state index contributed by atoms with van der Waals surface area (Å²) in [5.74, 6) is 0.513. The van der Waals surface area contributed by atoms with E-state index in [1.165, 1.54) is 5.57 Å². The minimum atomic E-state index is -0.667. The Morgan fingerprint density at radius 3 is 2.37 bits per heavy atom. The molecule has 0 radical (unpaired) electrons. The Morgan fingerprint density at radius 2 is 1.63 bits per heavy atom. The number of aliphatic hydroxyl groups excluding tert-OH is 1. The van der Waals surface area contributed by atoms with Gasteiger partial charge >= 0.3 is 5.97 Å². The highest BCUT2D eigenvalue weighted by atomic mass is 16.4. The van der Waals surface area contributed by atoms with Gasteiger partial charge in [0.1, 0.15) is 0 Å². The Bertz CT molecular complexity index is 801. The van der Waals surface area contributed by atoms with Gasteiger partial charge in [0, 0.05) is 5.92 Å². The number of rotatable bonds is 1. The van der Waals surface area contributed by atoms with E-state index in [2.05, 4.69) is 20.8 Å². The van der Waals surface area contributed by atoms with Gasteiger partial charge in [0.15, 0.2) is 5.78 Å². The maximum atomic E-state index is 13.8. The molecule has 0 saturated heterocycles. The average molecular weight is 415 g/mol. The molecule has 166 valence electrons. The summed E-state index contributed by atoms with van der Waals surface area (Å²) in [6, 6.07) is 0. The highest BCUT2D eigenvalue weighted by Gasteiger charge is 2.63. The molecule has 0 aromatic heterocycles. The lowest BCUT2D eigenvalue weighted by Gasteiger charge is -2.64. The number of hydrogen-bond donors (Lipinski definition) is 2. The van der Waals surface area contributed by atoms with Gasteiger partial charge in [-0.1, -0.05) is 26.3 Å². The number of allylic oxidation sites excluding steroid dienone is 2. The van der Waals surface area contributed by atoms with Crippen LogP contribution < -0.4 is 0 Å². The van der Waals surface area contributed by atoms with Crippen LogP contribution >= 0.6 is 0 Å². The van der Waals surface area contributed by atoms with E-state index in [1.807, 2.05) is 6.08 Å². The fourth-order valence-electron chi connectivity index (χ4n) is 9.10. The fourth-order valence-corrected chi connectivity index (χ4v) is 9.10. The van der Waals surface area contributed by atoms with E-state index in [0.717, 1.165) is 57.8 Å². The molecule has 5 rings (SSSR count). The lowest BCUT2D eigenvalue weighted by atomic mass is 9.39. The van der Waals surface area contributed by atoms with Crippen molar-refractivity contribution in [2.75, 3.05) is 0 Å². The Hall–Kier alpha value is -1.16. The number of ketones is 1. The molecule has 4 fully saturated rings. The van der Waals surface area contributed by atoms with Crippen molar-refractivity contribution < 1.29 is 19.8 Å². The van der Waals surface area contributed by atoms with Gasteiger partial charge in [0.05, 0.1) is 12.0 Å². The second-order valence-electron chi connectivity index (χ2n) is 12.3. The first-order valence-corrected chi connectivity index (χ1v) is 12.2. The topological polar surface area (TPSA) is 74.6 Å². The van der Waals surface area contributed by atoms with E-state index in [1.54, 1.807) is 0 Å². The summed E-state index contributed by atoms with van der Waals surface area (Å²) in [6.45, 7) is 7.04. The number of aliphatic carboxylic acids is 1. The smallest absolute Gasteiger partial charge is 0.306 e. The zero-order chi connectivity index (χ0) is 21.5. The molecule has 0 amide bonds. The van der Waals surface area contributed by atoms with E-state index in [9.17, 15) is 19.8 Å². The van der Waals surface area contributed by atoms with Crippen LogP contribution in [0.2, 0.25) is 0 Å². The van der Waals surface area contributed by atoms with Gasteiger partial charge in [-0.05, 0) is 104 Å². The van der Waals surface area contributed by atoms with Crippen molar-refractivity contribution >= 4 is 11.8 Å². The van der Waals surface area contributed by atoms with Crippen LogP contribution in [-0.2, 0) is 9.59 Å². The summed E-state index contributed by atoms with van der Waals surface area (Å²) in [5, 5.41) is 19.9. The molecule has 9 unspecified atom stereocenters. The average Bonchev–Trinajstić information content (AvgIpc) is 2.67. The third-order valence-electron chi connectivity index (χ3n) is 10.8. The molecule has 0 aromatic carbocycles. The van der Waals surface area contributed by atoms with Gasteiger partial charge < -0.3 is 10.2 Å². The number of carboxylic acid groups (broad SMARTS) is 1. The van der Waals surface area contributed by atoms with Gasteiger partial charge in [-0.2, -0.15) is 0 Å². The number of aliphatic hydroxyl groups is 1. The minimum absolute atomic E-state index is 0.0116. The number of fused-ring (bicyclic) bond motifs is 7. The molecule has 2 N–H and O–H groups in total. The quantitative estimate of drug-likeness (QED) is 0.633. The highest BCUT2D eigenvalue weighted by Crippen LogP contribution is 2.68. The van der Waals surface area contributed by atoms with Crippen LogP contribution in [0.3, 0.4) is 0 Å². The number of carboxylic acids is 1. The lowest BCUT2D eigenvalue weighted by molar-refractivity contribution is -0.159. The van der Waals surface area contributed by atoms with E-state index in [4.69, 9.17) is 0 Å². The molecule has 0 bridgehead atoms. The fraction of sp³-hybridized carbons (Fsp3) is 0.846. The Kier molecular flexibility index (Phi) is 4.61.